The van der Waals surface area contributed by atoms with E-state index in [2.05, 4.69) is 43.4 Å². The summed E-state index contributed by atoms with van der Waals surface area (Å²) in [4.78, 5) is 22.6. The average molecular weight is 697 g/mol. The number of nitrogens with zero attached hydrogens (tertiary/aromatic N) is 4. The number of carbonyl (C=O) groups excluding carboxylic acids is 1. The van der Waals surface area contributed by atoms with Gasteiger partial charge >= 0.3 is 0 Å². The van der Waals surface area contributed by atoms with Crippen LogP contribution in [0.4, 0.5) is 0 Å². The van der Waals surface area contributed by atoms with Crippen LogP contribution in [-0.2, 0) is 28.9 Å². The molecular formula is C37H38BrN5O4. The van der Waals surface area contributed by atoms with E-state index in [4.69, 9.17) is 25.1 Å². The number of ether oxygens (including phenoxy) is 2. The SMILES string of the molecule is [N-]=[N+]=NCc1ccccc1C[C@@]1(C(=O)NCCCCc2ccccc2)N=C(c2ccc(OCCCO)cc2)O[C@@H]1c1ccc(Br)cc1. The minimum atomic E-state index is -1.36. The molecule has 1 aliphatic rings. The largest absolute Gasteiger partial charge is 0.494 e. The Kier molecular flexibility index (Phi) is 12.0. The molecule has 0 radical (unpaired) electrons. The van der Waals surface area contributed by atoms with Crippen molar-refractivity contribution in [1.29, 1.82) is 0 Å². The van der Waals surface area contributed by atoms with E-state index in [1.54, 1.807) is 0 Å². The monoisotopic (exact) mass is 695 g/mol. The van der Waals surface area contributed by atoms with Gasteiger partial charge in [-0.15, -0.1) is 0 Å². The summed E-state index contributed by atoms with van der Waals surface area (Å²) in [6.45, 7) is 1.11. The molecule has 0 spiro atoms. The molecule has 9 nitrogen and oxygen atoms in total. The molecule has 242 valence electrons. The van der Waals surface area contributed by atoms with Crippen molar-refractivity contribution in [3.63, 3.8) is 0 Å². The smallest absolute Gasteiger partial charge is 0.252 e. The highest BCUT2D eigenvalue weighted by Gasteiger charge is 2.53. The minimum absolute atomic E-state index is 0.0589. The van der Waals surface area contributed by atoms with Gasteiger partial charge in [-0.25, -0.2) is 4.99 Å². The Morgan fingerprint density at radius 3 is 2.40 bits per heavy atom. The van der Waals surface area contributed by atoms with Crippen molar-refractivity contribution in [2.24, 2.45) is 10.1 Å². The summed E-state index contributed by atoms with van der Waals surface area (Å²) in [5, 5.41) is 16.1. The van der Waals surface area contributed by atoms with E-state index in [0.29, 0.717) is 36.8 Å². The Labute approximate surface area is 283 Å². The number of aliphatic imine (C=N–C) groups is 1. The Hall–Kier alpha value is -4.63. The summed E-state index contributed by atoms with van der Waals surface area (Å²) < 4.78 is 13.3. The lowest BCUT2D eigenvalue weighted by Gasteiger charge is -2.31. The highest BCUT2D eigenvalue weighted by Crippen LogP contribution is 2.43. The Bertz CT molecular complexity index is 1690. The number of benzene rings is 4. The van der Waals surface area contributed by atoms with E-state index in [9.17, 15) is 4.79 Å². The van der Waals surface area contributed by atoms with Crippen LogP contribution >= 0.6 is 15.9 Å². The van der Waals surface area contributed by atoms with E-state index in [1.807, 2.05) is 91.0 Å². The number of azide groups is 1. The molecule has 0 aromatic heterocycles. The van der Waals surface area contributed by atoms with E-state index < -0.39 is 11.6 Å². The summed E-state index contributed by atoms with van der Waals surface area (Å²) >= 11 is 3.53. The van der Waals surface area contributed by atoms with Gasteiger partial charge in [0.2, 0.25) is 5.90 Å². The molecule has 10 heteroatoms. The number of halogens is 1. The van der Waals surface area contributed by atoms with Crippen LogP contribution in [-0.4, -0.2) is 42.2 Å². The summed E-state index contributed by atoms with van der Waals surface area (Å²) in [6, 6.07) is 33.1. The molecule has 1 heterocycles. The molecule has 0 saturated heterocycles. The first kappa shape index (κ1) is 33.7. The molecule has 0 bridgehead atoms. The molecule has 1 aliphatic heterocycles. The first-order chi connectivity index (χ1) is 23.0. The number of nitrogens with one attached hydrogen (secondary N) is 1. The lowest BCUT2D eigenvalue weighted by Crippen LogP contribution is -2.50. The van der Waals surface area contributed by atoms with Gasteiger partial charge < -0.3 is 19.9 Å². The second-order valence-corrected chi connectivity index (χ2v) is 12.3. The van der Waals surface area contributed by atoms with Crippen molar-refractivity contribution >= 4 is 27.7 Å². The quantitative estimate of drug-likeness (QED) is 0.0540. The fourth-order valence-electron chi connectivity index (χ4n) is 5.66. The summed E-state index contributed by atoms with van der Waals surface area (Å²) in [5.74, 6) is 0.783. The maximum absolute atomic E-state index is 14.5. The van der Waals surface area contributed by atoms with Gasteiger partial charge in [0.15, 0.2) is 11.6 Å². The van der Waals surface area contributed by atoms with Gasteiger partial charge in [0.1, 0.15) is 5.75 Å². The van der Waals surface area contributed by atoms with Gasteiger partial charge in [-0.3, -0.25) is 4.79 Å². The number of aliphatic hydroxyl groups is 1. The molecule has 47 heavy (non-hydrogen) atoms. The Morgan fingerprint density at radius 1 is 0.957 bits per heavy atom. The Morgan fingerprint density at radius 2 is 1.68 bits per heavy atom. The van der Waals surface area contributed by atoms with Crippen molar-refractivity contribution in [3.05, 3.63) is 146 Å². The van der Waals surface area contributed by atoms with Gasteiger partial charge in [-0.2, -0.15) is 0 Å². The molecule has 5 rings (SSSR count). The van der Waals surface area contributed by atoms with Crippen LogP contribution in [0.2, 0.25) is 0 Å². The summed E-state index contributed by atoms with van der Waals surface area (Å²) in [7, 11) is 0. The molecule has 4 aromatic carbocycles. The topological polar surface area (TPSA) is 129 Å². The standard InChI is InChI=1S/C37H38BrN5O4/c38-32-18-14-28(15-19-32)34-37(25-30-12-4-5-13-31(30)26-41-43-39,36(45)40-22-7-6-11-27-9-2-1-3-10-27)42-35(47-34)29-16-20-33(21-17-29)46-24-8-23-44/h1-5,9-10,12-21,34,44H,6-8,11,22-26H2,(H,40,45)/t34-,37-/m1/s1. The minimum Gasteiger partial charge on any atom is -0.494 e. The van der Waals surface area contributed by atoms with Crippen molar-refractivity contribution in [3.8, 4) is 5.75 Å². The van der Waals surface area contributed by atoms with Crippen molar-refractivity contribution in [1.82, 2.24) is 5.32 Å². The van der Waals surface area contributed by atoms with Gasteiger partial charge in [0.25, 0.3) is 5.91 Å². The molecule has 2 atom stereocenters. The fraction of sp³-hybridized carbons (Fsp3) is 0.297. The third-order valence-corrected chi connectivity index (χ3v) is 8.63. The first-order valence-corrected chi connectivity index (χ1v) is 16.6. The van der Waals surface area contributed by atoms with Gasteiger partial charge in [-0.1, -0.05) is 87.8 Å². The van der Waals surface area contributed by atoms with Crippen molar-refractivity contribution in [2.75, 3.05) is 19.8 Å². The van der Waals surface area contributed by atoms with Gasteiger partial charge in [0, 0.05) is 40.9 Å². The lowest BCUT2D eigenvalue weighted by atomic mass is 9.81. The maximum atomic E-state index is 14.5. The first-order valence-electron chi connectivity index (χ1n) is 15.8. The number of amides is 1. The zero-order valence-electron chi connectivity index (χ0n) is 26.1. The van der Waals surface area contributed by atoms with Gasteiger partial charge in [0.05, 0.1) is 13.2 Å². The Balaban J connectivity index is 1.49. The van der Waals surface area contributed by atoms with Crippen LogP contribution in [0.5, 0.6) is 5.75 Å². The van der Waals surface area contributed by atoms with Crippen molar-refractivity contribution < 1.29 is 19.4 Å². The number of hydrogen-bond donors (Lipinski definition) is 2. The molecule has 2 N–H and O–H groups in total. The van der Waals surface area contributed by atoms with E-state index in [1.165, 1.54) is 5.56 Å². The third kappa shape index (κ3) is 8.80. The second kappa shape index (κ2) is 16.8. The van der Waals surface area contributed by atoms with Crippen LogP contribution in [0.25, 0.3) is 10.4 Å². The van der Waals surface area contributed by atoms with Crippen molar-refractivity contribution in [2.45, 2.75) is 50.3 Å². The van der Waals surface area contributed by atoms with Gasteiger partial charge in [-0.05, 0) is 83.4 Å². The predicted molar refractivity (Wildman–Crippen MR) is 186 cm³/mol. The zero-order valence-corrected chi connectivity index (χ0v) is 27.7. The molecule has 4 aromatic rings. The van der Waals surface area contributed by atoms with Crippen LogP contribution < -0.4 is 10.1 Å². The molecule has 1 amide bonds. The number of unbranched alkanes of at least 4 members (excludes halogenated alkanes) is 1. The molecule has 0 aliphatic carbocycles. The van der Waals surface area contributed by atoms with E-state index >= 15 is 0 Å². The lowest BCUT2D eigenvalue weighted by molar-refractivity contribution is -0.128. The summed E-state index contributed by atoms with van der Waals surface area (Å²) in [6.07, 6.45) is 2.70. The fourth-order valence-corrected chi connectivity index (χ4v) is 5.92. The molecule has 0 saturated carbocycles. The average Bonchev–Trinajstić information content (AvgIpc) is 3.49. The highest BCUT2D eigenvalue weighted by molar-refractivity contribution is 9.10. The normalized spacial score (nSPS) is 16.9. The van der Waals surface area contributed by atoms with Crippen LogP contribution in [0.1, 0.15) is 53.2 Å². The number of rotatable bonds is 16. The second-order valence-electron chi connectivity index (χ2n) is 11.4. The summed E-state index contributed by atoms with van der Waals surface area (Å²) in [5.41, 5.74) is 12.1. The van der Waals surface area contributed by atoms with Crippen LogP contribution in [0.3, 0.4) is 0 Å². The number of aliphatic hydroxyl groups excluding tert-OH is 1. The molecule has 0 fully saturated rings. The number of aryl methyl sites for hydroxylation is 1. The zero-order chi connectivity index (χ0) is 32.9. The molecular weight excluding hydrogens is 658 g/mol. The predicted octanol–water partition coefficient (Wildman–Crippen LogP) is 7.66. The van der Waals surface area contributed by atoms with Crippen LogP contribution in [0.15, 0.2) is 118 Å². The number of carbonyl (C=O) groups is 1. The molecule has 0 unspecified atom stereocenters. The highest BCUT2D eigenvalue weighted by atomic mass is 79.9. The maximum Gasteiger partial charge on any atom is 0.252 e. The number of hydrogen-bond acceptors (Lipinski definition) is 6. The van der Waals surface area contributed by atoms with E-state index in [0.717, 1.165) is 40.4 Å². The third-order valence-electron chi connectivity index (χ3n) is 8.11. The van der Waals surface area contributed by atoms with E-state index in [-0.39, 0.29) is 25.5 Å². The van der Waals surface area contributed by atoms with Crippen LogP contribution in [0, 0.1) is 0 Å².